The smallest absolute Gasteiger partial charge is 0.181 e. The minimum atomic E-state index is 0.795. The van der Waals surface area contributed by atoms with Gasteiger partial charge in [0, 0.05) is 17.0 Å². The molecule has 0 atom stereocenters. The Morgan fingerprint density at radius 3 is 2.48 bits per heavy atom. The number of nitrogens with one attached hydrogen (secondary N) is 1. The first-order valence-electron chi connectivity index (χ1n) is 6.75. The molecule has 0 aliphatic heterocycles. The van der Waals surface area contributed by atoms with Crippen molar-refractivity contribution in [3.63, 3.8) is 0 Å². The van der Waals surface area contributed by atoms with Crippen molar-refractivity contribution in [1.82, 2.24) is 9.71 Å². The van der Waals surface area contributed by atoms with Crippen molar-refractivity contribution in [2.24, 2.45) is 0 Å². The van der Waals surface area contributed by atoms with Crippen LogP contribution in [0, 0.1) is 6.92 Å². The molecule has 0 saturated carbocycles. The predicted octanol–water partition coefficient (Wildman–Crippen LogP) is 4.45. The highest BCUT2D eigenvalue weighted by atomic mass is 32.2. The van der Waals surface area contributed by atoms with Gasteiger partial charge in [-0.2, -0.15) is 0 Å². The number of hydrogen-bond donors (Lipinski definition) is 1. The van der Waals surface area contributed by atoms with Crippen molar-refractivity contribution < 1.29 is 4.42 Å². The molecule has 0 fully saturated rings. The summed E-state index contributed by atoms with van der Waals surface area (Å²) < 4.78 is 8.65. The molecule has 106 valence electrons. The average Bonchev–Trinajstić information content (AvgIpc) is 3.04. The summed E-state index contributed by atoms with van der Waals surface area (Å²) in [7, 11) is 0. The molecule has 1 N–H and O–H groups in total. The molecule has 1 heterocycles. The van der Waals surface area contributed by atoms with Crippen LogP contribution in [0.2, 0.25) is 0 Å². The van der Waals surface area contributed by atoms with Crippen LogP contribution in [0.5, 0.6) is 0 Å². The van der Waals surface area contributed by atoms with Crippen molar-refractivity contribution in [2.45, 2.75) is 18.4 Å². The summed E-state index contributed by atoms with van der Waals surface area (Å²) >= 11 is 1.65. The highest BCUT2D eigenvalue weighted by Gasteiger charge is 2.01. The SMILES string of the molecule is Cc1ccc(SNCc2ccc(-c3cnco3)cc2)cc1. The Morgan fingerprint density at radius 2 is 1.81 bits per heavy atom. The van der Waals surface area contributed by atoms with Gasteiger partial charge >= 0.3 is 0 Å². The lowest BCUT2D eigenvalue weighted by Gasteiger charge is -2.05. The second-order valence-corrected chi connectivity index (χ2v) is 5.76. The molecule has 1 aromatic heterocycles. The van der Waals surface area contributed by atoms with Crippen LogP contribution in [0.3, 0.4) is 0 Å². The maximum absolute atomic E-state index is 5.28. The van der Waals surface area contributed by atoms with Crippen LogP contribution in [-0.4, -0.2) is 4.98 Å². The van der Waals surface area contributed by atoms with Crippen LogP contribution in [0.25, 0.3) is 11.3 Å². The Morgan fingerprint density at radius 1 is 1.05 bits per heavy atom. The summed E-state index contributed by atoms with van der Waals surface area (Å²) in [6, 6.07) is 16.8. The molecule has 0 unspecified atom stereocenters. The summed E-state index contributed by atoms with van der Waals surface area (Å²) in [5.74, 6) is 0.795. The van der Waals surface area contributed by atoms with Crippen molar-refractivity contribution >= 4 is 11.9 Å². The number of benzene rings is 2. The van der Waals surface area contributed by atoms with E-state index in [9.17, 15) is 0 Å². The Labute approximate surface area is 128 Å². The second-order valence-electron chi connectivity index (χ2n) is 4.80. The van der Waals surface area contributed by atoms with E-state index in [1.807, 2.05) is 12.1 Å². The van der Waals surface area contributed by atoms with E-state index in [-0.39, 0.29) is 0 Å². The minimum Gasteiger partial charge on any atom is -0.444 e. The van der Waals surface area contributed by atoms with Gasteiger partial charge in [-0.15, -0.1) is 0 Å². The third-order valence-electron chi connectivity index (χ3n) is 3.16. The zero-order valence-electron chi connectivity index (χ0n) is 11.7. The van der Waals surface area contributed by atoms with Crippen molar-refractivity contribution in [3.8, 4) is 11.3 Å². The number of oxazole rings is 1. The summed E-state index contributed by atoms with van der Waals surface area (Å²) in [6.45, 7) is 2.91. The molecule has 0 radical (unpaired) electrons. The highest BCUT2D eigenvalue weighted by Crippen LogP contribution is 2.20. The van der Waals surface area contributed by atoms with Crippen LogP contribution in [0.15, 0.2) is 70.4 Å². The average molecular weight is 296 g/mol. The third kappa shape index (κ3) is 3.74. The molecule has 2 aromatic carbocycles. The molecule has 0 saturated heterocycles. The molecule has 0 amide bonds. The number of aryl methyl sites for hydroxylation is 1. The van der Waals surface area contributed by atoms with Crippen LogP contribution >= 0.6 is 11.9 Å². The van der Waals surface area contributed by atoms with E-state index >= 15 is 0 Å². The van der Waals surface area contributed by atoms with Gasteiger partial charge in [-0.05, 0) is 36.6 Å². The van der Waals surface area contributed by atoms with E-state index in [4.69, 9.17) is 4.42 Å². The van der Waals surface area contributed by atoms with E-state index in [2.05, 4.69) is 53.0 Å². The quantitative estimate of drug-likeness (QED) is 0.706. The highest BCUT2D eigenvalue weighted by molar-refractivity contribution is 7.97. The number of rotatable bonds is 5. The van der Waals surface area contributed by atoms with Gasteiger partial charge in [0.15, 0.2) is 12.2 Å². The molecular formula is C17H16N2OS. The summed E-state index contributed by atoms with van der Waals surface area (Å²) in [4.78, 5) is 5.15. The maximum Gasteiger partial charge on any atom is 0.181 e. The first kappa shape index (κ1) is 13.9. The minimum absolute atomic E-state index is 0.795. The van der Waals surface area contributed by atoms with Gasteiger partial charge in [-0.25, -0.2) is 4.98 Å². The van der Waals surface area contributed by atoms with E-state index in [0.29, 0.717) is 0 Å². The van der Waals surface area contributed by atoms with Gasteiger partial charge in [-0.1, -0.05) is 42.0 Å². The summed E-state index contributed by atoms with van der Waals surface area (Å²) in [6.07, 6.45) is 3.17. The molecular weight excluding hydrogens is 280 g/mol. The normalized spacial score (nSPS) is 10.7. The largest absolute Gasteiger partial charge is 0.444 e. The van der Waals surface area contributed by atoms with E-state index < -0.39 is 0 Å². The second kappa shape index (κ2) is 6.61. The molecule has 0 spiro atoms. The molecule has 0 aliphatic rings. The van der Waals surface area contributed by atoms with Crippen molar-refractivity contribution in [3.05, 3.63) is 72.2 Å². The zero-order valence-corrected chi connectivity index (χ0v) is 12.6. The summed E-state index contributed by atoms with van der Waals surface area (Å²) in [5.41, 5.74) is 3.56. The Hall–Kier alpha value is -2.04. The van der Waals surface area contributed by atoms with Gasteiger partial charge in [0.2, 0.25) is 0 Å². The van der Waals surface area contributed by atoms with Crippen LogP contribution < -0.4 is 4.72 Å². The maximum atomic E-state index is 5.28. The van der Waals surface area contributed by atoms with Crippen LogP contribution in [-0.2, 0) is 6.54 Å². The van der Waals surface area contributed by atoms with Gasteiger partial charge in [0.25, 0.3) is 0 Å². The van der Waals surface area contributed by atoms with Crippen LogP contribution in [0.4, 0.5) is 0 Å². The molecule has 3 aromatic rings. The van der Waals surface area contributed by atoms with E-state index in [1.165, 1.54) is 22.4 Å². The Kier molecular flexibility index (Phi) is 4.38. The first-order valence-corrected chi connectivity index (χ1v) is 7.57. The third-order valence-corrected chi connectivity index (χ3v) is 3.95. The fourth-order valence-corrected chi connectivity index (χ4v) is 2.63. The van der Waals surface area contributed by atoms with E-state index in [0.717, 1.165) is 17.9 Å². The number of nitrogens with zero attached hydrogens (tertiary/aromatic N) is 1. The number of hydrogen-bond acceptors (Lipinski definition) is 4. The fraction of sp³-hybridized carbons (Fsp3) is 0.118. The van der Waals surface area contributed by atoms with Gasteiger partial charge in [0.05, 0.1) is 6.20 Å². The predicted molar refractivity (Wildman–Crippen MR) is 85.8 cm³/mol. The molecule has 4 heteroatoms. The van der Waals surface area contributed by atoms with Crippen molar-refractivity contribution in [1.29, 1.82) is 0 Å². The molecule has 3 nitrogen and oxygen atoms in total. The first-order chi connectivity index (χ1) is 10.3. The molecule has 0 bridgehead atoms. The zero-order chi connectivity index (χ0) is 14.5. The fourth-order valence-electron chi connectivity index (χ4n) is 1.95. The van der Waals surface area contributed by atoms with Gasteiger partial charge in [-0.3, -0.25) is 4.72 Å². The van der Waals surface area contributed by atoms with Crippen LogP contribution in [0.1, 0.15) is 11.1 Å². The lowest BCUT2D eigenvalue weighted by Crippen LogP contribution is -2.02. The van der Waals surface area contributed by atoms with E-state index in [1.54, 1.807) is 18.1 Å². The van der Waals surface area contributed by atoms with Gasteiger partial charge < -0.3 is 4.42 Å². The van der Waals surface area contributed by atoms with Crippen molar-refractivity contribution in [2.75, 3.05) is 0 Å². The Balaban J connectivity index is 1.55. The topological polar surface area (TPSA) is 38.1 Å². The molecule has 3 rings (SSSR count). The molecule has 21 heavy (non-hydrogen) atoms. The molecule has 0 aliphatic carbocycles. The monoisotopic (exact) mass is 296 g/mol. The lowest BCUT2D eigenvalue weighted by molar-refractivity contribution is 0.572. The van der Waals surface area contributed by atoms with Gasteiger partial charge in [0.1, 0.15) is 0 Å². The number of aromatic nitrogens is 1. The lowest BCUT2D eigenvalue weighted by atomic mass is 10.1. The Bertz CT molecular complexity index is 676. The standard InChI is InChI=1S/C17H16N2OS/c1-13-2-8-16(9-3-13)21-19-10-14-4-6-15(7-5-14)17-11-18-12-20-17/h2-9,11-12,19H,10H2,1H3. The summed E-state index contributed by atoms with van der Waals surface area (Å²) in [5, 5.41) is 0.